The number of phenols is 1. The fourth-order valence-corrected chi connectivity index (χ4v) is 2.50. The van der Waals surface area contributed by atoms with Gasteiger partial charge in [-0.15, -0.1) is 0 Å². The van der Waals surface area contributed by atoms with Crippen LogP contribution >= 0.6 is 0 Å². The van der Waals surface area contributed by atoms with E-state index in [9.17, 15) is 27.9 Å². The number of halogens is 3. The molecule has 0 saturated heterocycles. The minimum absolute atomic E-state index is 0.0140. The number of carbonyl (C=O) groups excluding carboxylic acids is 1. The average Bonchev–Trinajstić information content (AvgIpc) is 2.60. The lowest BCUT2D eigenvalue weighted by atomic mass is 10.00. The molecule has 6 nitrogen and oxygen atoms in total. The van der Waals surface area contributed by atoms with Gasteiger partial charge in [0.05, 0.1) is 10.9 Å². The molecule has 0 bridgehead atoms. The summed E-state index contributed by atoms with van der Waals surface area (Å²) in [5, 5.41) is 17.8. The molecule has 134 valence electrons. The number of hydrogen-bond acceptors (Lipinski definition) is 5. The lowest BCUT2D eigenvalue weighted by Gasteiger charge is -2.13. The van der Waals surface area contributed by atoms with Gasteiger partial charge in [-0.2, -0.15) is 13.2 Å². The molecule has 0 spiro atoms. The van der Waals surface area contributed by atoms with E-state index in [4.69, 9.17) is 9.62 Å². The van der Waals surface area contributed by atoms with Crippen LogP contribution < -0.4 is 10.9 Å². The summed E-state index contributed by atoms with van der Waals surface area (Å²) in [6.45, 7) is 0. The first-order chi connectivity index (χ1) is 12.2. The molecule has 3 rings (SSSR count). The topological polar surface area (TPSA) is 99.8 Å². The smallest absolute Gasteiger partial charge is 0.450 e. The summed E-state index contributed by atoms with van der Waals surface area (Å²) >= 11 is 0. The molecular weight excluding hydrogens is 355 g/mol. The predicted molar refractivity (Wildman–Crippen MR) is 83.8 cm³/mol. The SMILES string of the molecule is O=C(NO)c1ccc(-c2c(C(F)(F)F)oc3cc(O)ccc3c2=O)cc1. The summed E-state index contributed by atoms with van der Waals surface area (Å²) in [6, 6.07) is 7.82. The Morgan fingerprint density at radius 3 is 2.31 bits per heavy atom. The summed E-state index contributed by atoms with van der Waals surface area (Å²) < 4.78 is 45.1. The van der Waals surface area contributed by atoms with E-state index in [-0.39, 0.29) is 22.3 Å². The van der Waals surface area contributed by atoms with E-state index in [1.807, 2.05) is 0 Å². The number of hydroxylamine groups is 1. The zero-order chi connectivity index (χ0) is 19.1. The van der Waals surface area contributed by atoms with Gasteiger partial charge in [-0.3, -0.25) is 14.8 Å². The second kappa shape index (κ2) is 6.19. The monoisotopic (exact) mass is 365 g/mol. The third-order valence-corrected chi connectivity index (χ3v) is 3.67. The molecule has 0 radical (unpaired) electrons. The number of fused-ring (bicyclic) bond motifs is 1. The second-order valence-corrected chi connectivity index (χ2v) is 5.33. The number of rotatable bonds is 2. The predicted octanol–water partition coefficient (Wildman–Crippen LogP) is 3.30. The van der Waals surface area contributed by atoms with Gasteiger partial charge in [0.15, 0.2) is 0 Å². The van der Waals surface area contributed by atoms with E-state index in [2.05, 4.69) is 0 Å². The number of alkyl halides is 3. The van der Waals surface area contributed by atoms with Crippen molar-refractivity contribution >= 4 is 16.9 Å². The van der Waals surface area contributed by atoms with E-state index in [1.54, 1.807) is 0 Å². The maximum atomic E-state index is 13.4. The summed E-state index contributed by atoms with van der Waals surface area (Å²) in [5.41, 5.74) is -0.784. The molecule has 2 aromatic carbocycles. The molecular formula is C17H10F3NO5. The fourth-order valence-electron chi connectivity index (χ4n) is 2.50. The van der Waals surface area contributed by atoms with Gasteiger partial charge in [0.1, 0.15) is 11.3 Å². The van der Waals surface area contributed by atoms with Gasteiger partial charge in [0.25, 0.3) is 5.91 Å². The highest BCUT2D eigenvalue weighted by Crippen LogP contribution is 2.37. The van der Waals surface area contributed by atoms with Gasteiger partial charge < -0.3 is 9.52 Å². The van der Waals surface area contributed by atoms with Crippen LogP contribution in [0.4, 0.5) is 13.2 Å². The lowest BCUT2D eigenvalue weighted by Crippen LogP contribution is -2.18. The van der Waals surface area contributed by atoms with Crippen molar-refractivity contribution in [2.75, 3.05) is 0 Å². The van der Waals surface area contributed by atoms with Gasteiger partial charge in [-0.05, 0) is 29.8 Å². The molecule has 9 heteroatoms. The fraction of sp³-hybridized carbons (Fsp3) is 0.0588. The molecule has 0 aliphatic rings. The van der Waals surface area contributed by atoms with Gasteiger partial charge in [-0.1, -0.05) is 12.1 Å². The zero-order valence-electron chi connectivity index (χ0n) is 12.8. The maximum Gasteiger partial charge on any atom is 0.450 e. The van der Waals surface area contributed by atoms with Crippen molar-refractivity contribution in [2.45, 2.75) is 6.18 Å². The van der Waals surface area contributed by atoms with Crippen molar-refractivity contribution < 1.29 is 32.7 Å². The maximum absolute atomic E-state index is 13.4. The third kappa shape index (κ3) is 3.00. The summed E-state index contributed by atoms with van der Waals surface area (Å²) in [6.07, 6.45) is -4.96. The molecule has 0 aliphatic heterocycles. The largest absolute Gasteiger partial charge is 0.508 e. The molecule has 0 fully saturated rings. The standard InChI is InChI=1S/C17H10F3NO5/c18-17(19,20)15-13(8-1-3-9(4-2-8)16(24)21-25)14(23)11-6-5-10(22)7-12(11)26-15/h1-7,22,25H,(H,21,24). The normalized spacial score (nSPS) is 11.5. The second-order valence-electron chi connectivity index (χ2n) is 5.33. The molecule has 26 heavy (non-hydrogen) atoms. The third-order valence-electron chi connectivity index (χ3n) is 3.67. The van der Waals surface area contributed by atoms with Crippen molar-refractivity contribution in [3.05, 3.63) is 64.0 Å². The highest BCUT2D eigenvalue weighted by atomic mass is 19.4. The Morgan fingerprint density at radius 2 is 1.73 bits per heavy atom. The molecule has 0 saturated carbocycles. The Balaban J connectivity index is 2.30. The van der Waals surface area contributed by atoms with Crippen LogP contribution in [0, 0.1) is 0 Å². The zero-order valence-corrected chi connectivity index (χ0v) is 12.8. The first-order valence-electron chi connectivity index (χ1n) is 7.14. The first kappa shape index (κ1) is 17.5. The minimum Gasteiger partial charge on any atom is -0.508 e. The molecule has 1 heterocycles. The Hall–Kier alpha value is -3.33. The number of phenolic OH excluding ortho intramolecular Hbond substituents is 1. The number of nitrogens with one attached hydrogen (secondary N) is 1. The number of aromatic hydroxyl groups is 1. The van der Waals surface area contributed by atoms with Crippen molar-refractivity contribution in [1.29, 1.82) is 0 Å². The van der Waals surface area contributed by atoms with Crippen LogP contribution in [-0.4, -0.2) is 16.2 Å². The van der Waals surface area contributed by atoms with E-state index in [0.29, 0.717) is 0 Å². The molecule has 1 aromatic heterocycles. The molecule has 0 aliphatic carbocycles. The molecule has 3 N–H and O–H groups in total. The first-order valence-corrected chi connectivity index (χ1v) is 7.14. The van der Waals surface area contributed by atoms with Gasteiger partial charge in [0.2, 0.25) is 11.2 Å². The van der Waals surface area contributed by atoms with E-state index < -0.39 is 34.4 Å². The van der Waals surface area contributed by atoms with Crippen LogP contribution in [-0.2, 0) is 6.18 Å². The average molecular weight is 365 g/mol. The molecule has 1 amide bonds. The van der Waals surface area contributed by atoms with Crippen molar-refractivity contribution in [3.63, 3.8) is 0 Å². The Kier molecular flexibility index (Phi) is 4.17. The van der Waals surface area contributed by atoms with Crippen LogP contribution in [0.3, 0.4) is 0 Å². The Morgan fingerprint density at radius 1 is 1.08 bits per heavy atom. The van der Waals surface area contributed by atoms with Gasteiger partial charge in [0, 0.05) is 11.6 Å². The van der Waals surface area contributed by atoms with Crippen LogP contribution in [0.2, 0.25) is 0 Å². The molecule has 0 unspecified atom stereocenters. The Labute approximate surface area is 143 Å². The van der Waals surface area contributed by atoms with Crippen LogP contribution in [0.15, 0.2) is 51.7 Å². The Bertz CT molecular complexity index is 1050. The lowest BCUT2D eigenvalue weighted by molar-refractivity contribution is -0.152. The summed E-state index contributed by atoms with van der Waals surface area (Å²) in [4.78, 5) is 23.9. The summed E-state index contributed by atoms with van der Waals surface area (Å²) in [5.74, 6) is -2.71. The van der Waals surface area contributed by atoms with Gasteiger partial charge in [-0.25, -0.2) is 5.48 Å². The van der Waals surface area contributed by atoms with E-state index >= 15 is 0 Å². The highest BCUT2D eigenvalue weighted by molar-refractivity contribution is 5.94. The molecule has 3 aromatic rings. The van der Waals surface area contributed by atoms with Gasteiger partial charge >= 0.3 is 6.18 Å². The van der Waals surface area contributed by atoms with Crippen LogP contribution in [0.1, 0.15) is 16.1 Å². The molecule has 0 atom stereocenters. The number of hydrogen-bond donors (Lipinski definition) is 3. The van der Waals surface area contributed by atoms with E-state index in [1.165, 1.54) is 5.48 Å². The minimum atomic E-state index is -4.96. The number of benzene rings is 2. The van der Waals surface area contributed by atoms with Crippen molar-refractivity contribution in [3.8, 4) is 16.9 Å². The summed E-state index contributed by atoms with van der Waals surface area (Å²) in [7, 11) is 0. The number of amides is 1. The van der Waals surface area contributed by atoms with Crippen molar-refractivity contribution in [2.24, 2.45) is 0 Å². The number of carbonyl (C=O) groups is 1. The van der Waals surface area contributed by atoms with Crippen LogP contribution in [0.25, 0.3) is 22.1 Å². The van der Waals surface area contributed by atoms with Crippen molar-refractivity contribution in [1.82, 2.24) is 5.48 Å². The highest BCUT2D eigenvalue weighted by Gasteiger charge is 2.39. The van der Waals surface area contributed by atoms with E-state index in [0.717, 1.165) is 42.5 Å². The quantitative estimate of drug-likeness (QED) is 0.478. The van der Waals surface area contributed by atoms with Crippen LogP contribution in [0.5, 0.6) is 5.75 Å².